The zero-order valence-corrected chi connectivity index (χ0v) is 17.2. The molecule has 27 heavy (non-hydrogen) atoms. The van der Waals surface area contributed by atoms with Gasteiger partial charge in [-0.2, -0.15) is 0 Å². The van der Waals surface area contributed by atoms with Crippen LogP contribution in [-0.4, -0.2) is 5.11 Å². The van der Waals surface area contributed by atoms with Crippen molar-refractivity contribution in [1.29, 1.82) is 0 Å². The molecule has 0 spiro atoms. The van der Waals surface area contributed by atoms with Crippen molar-refractivity contribution in [2.24, 2.45) is 5.92 Å². The summed E-state index contributed by atoms with van der Waals surface area (Å²) in [6, 6.07) is 9.98. The van der Waals surface area contributed by atoms with Gasteiger partial charge in [0, 0.05) is 32.5 Å². The molecular formula is C22H24O3S2. The molecule has 0 aromatic carbocycles. The van der Waals surface area contributed by atoms with Crippen LogP contribution in [0.15, 0.2) is 44.9 Å². The molecule has 1 aliphatic rings. The van der Waals surface area contributed by atoms with E-state index in [9.17, 15) is 9.90 Å². The van der Waals surface area contributed by atoms with Gasteiger partial charge in [-0.15, -0.1) is 22.7 Å². The van der Waals surface area contributed by atoms with Gasteiger partial charge in [-0.05, 0) is 62.1 Å². The summed E-state index contributed by atoms with van der Waals surface area (Å²) in [6.45, 7) is 4.09. The summed E-state index contributed by atoms with van der Waals surface area (Å²) in [5.41, 5.74) is 0.00787. The van der Waals surface area contributed by atoms with Crippen LogP contribution in [0.4, 0.5) is 0 Å². The van der Waals surface area contributed by atoms with Gasteiger partial charge >= 0.3 is 5.63 Å². The fourth-order valence-electron chi connectivity index (χ4n) is 3.84. The Bertz CT molecular complexity index is 964. The lowest BCUT2D eigenvalue weighted by atomic mass is 9.92. The summed E-state index contributed by atoms with van der Waals surface area (Å²) >= 11 is 3.40. The van der Waals surface area contributed by atoms with E-state index in [1.165, 1.54) is 9.75 Å². The zero-order valence-electron chi connectivity index (χ0n) is 15.6. The second kappa shape index (κ2) is 7.64. The minimum Gasteiger partial charge on any atom is -0.507 e. The normalized spacial score (nSPS) is 16.4. The fourth-order valence-corrected chi connectivity index (χ4v) is 5.68. The average Bonchev–Trinajstić information content (AvgIpc) is 3.17. The molecule has 0 aliphatic heterocycles. The van der Waals surface area contributed by atoms with E-state index >= 15 is 0 Å². The van der Waals surface area contributed by atoms with Gasteiger partial charge in [-0.1, -0.05) is 13.0 Å². The molecule has 0 radical (unpaired) electrons. The predicted octanol–water partition coefficient (Wildman–Crippen LogP) is 6.06. The summed E-state index contributed by atoms with van der Waals surface area (Å²) in [7, 11) is 0. The van der Waals surface area contributed by atoms with Crippen LogP contribution in [0.2, 0.25) is 0 Å². The van der Waals surface area contributed by atoms with Gasteiger partial charge in [-0.3, -0.25) is 0 Å². The second-order valence-electron chi connectivity index (χ2n) is 7.37. The van der Waals surface area contributed by atoms with Crippen molar-refractivity contribution in [1.82, 2.24) is 0 Å². The van der Waals surface area contributed by atoms with E-state index < -0.39 is 0 Å². The standard InChI is InChI=1S/C22H24O3S2/c1-3-16(20-9-6-13(2)27-20)21-18(23)12-19(25-22(21)24)17(14-7-8-14)11-15-5-4-10-26-15/h4-6,9-10,12,14,16-17,23H,3,7-8,11H2,1-2H3. The van der Waals surface area contributed by atoms with Crippen molar-refractivity contribution in [3.05, 3.63) is 72.1 Å². The van der Waals surface area contributed by atoms with Gasteiger partial charge in [-0.25, -0.2) is 4.79 Å². The molecule has 4 rings (SSSR count). The fraction of sp³-hybridized carbons (Fsp3) is 0.409. The maximum atomic E-state index is 12.9. The van der Waals surface area contributed by atoms with Gasteiger partial charge in [0.25, 0.3) is 0 Å². The number of thiophene rings is 2. The Kier molecular flexibility index (Phi) is 5.24. The molecule has 0 amide bonds. The van der Waals surface area contributed by atoms with Crippen molar-refractivity contribution >= 4 is 22.7 Å². The number of rotatable bonds is 7. The van der Waals surface area contributed by atoms with Crippen LogP contribution < -0.4 is 5.63 Å². The molecular weight excluding hydrogens is 376 g/mol. The van der Waals surface area contributed by atoms with E-state index in [1.807, 2.05) is 13.0 Å². The van der Waals surface area contributed by atoms with E-state index in [-0.39, 0.29) is 23.2 Å². The Morgan fingerprint density at radius 1 is 1.30 bits per heavy atom. The van der Waals surface area contributed by atoms with Gasteiger partial charge in [0.1, 0.15) is 11.5 Å². The Morgan fingerprint density at radius 3 is 2.67 bits per heavy atom. The summed E-state index contributed by atoms with van der Waals surface area (Å²) in [6.07, 6.45) is 3.94. The van der Waals surface area contributed by atoms with Crippen molar-refractivity contribution in [2.75, 3.05) is 0 Å². The van der Waals surface area contributed by atoms with Gasteiger partial charge in [0.15, 0.2) is 0 Å². The first-order chi connectivity index (χ1) is 13.1. The van der Waals surface area contributed by atoms with E-state index in [4.69, 9.17) is 4.42 Å². The molecule has 1 saturated carbocycles. The van der Waals surface area contributed by atoms with Crippen LogP contribution in [0.25, 0.3) is 0 Å². The Balaban J connectivity index is 1.69. The van der Waals surface area contributed by atoms with Crippen LogP contribution in [0.3, 0.4) is 0 Å². The highest BCUT2D eigenvalue weighted by atomic mass is 32.1. The van der Waals surface area contributed by atoms with E-state index in [2.05, 4.69) is 30.5 Å². The summed E-state index contributed by atoms with van der Waals surface area (Å²) in [4.78, 5) is 16.5. The Hall–Kier alpha value is -1.85. The number of hydrogen-bond donors (Lipinski definition) is 1. The molecule has 2 unspecified atom stereocenters. The summed E-state index contributed by atoms with van der Waals surface area (Å²) in [5.74, 6) is 1.30. The number of hydrogen-bond acceptors (Lipinski definition) is 5. The van der Waals surface area contributed by atoms with E-state index in [0.717, 1.165) is 30.6 Å². The molecule has 0 bridgehead atoms. The minimum absolute atomic E-state index is 0.0796. The number of aryl methyl sites for hydroxylation is 1. The summed E-state index contributed by atoms with van der Waals surface area (Å²) < 4.78 is 5.81. The van der Waals surface area contributed by atoms with Crippen LogP contribution in [0.5, 0.6) is 5.75 Å². The molecule has 0 saturated heterocycles. The van der Waals surface area contributed by atoms with Crippen molar-refractivity contribution in [2.45, 2.75) is 51.4 Å². The first-order valence-electron chi connectivity index (χ1n) is 9.52. The van der Waals surface area contributed by atoms with E-state index in [1.54, 1.807) is 28.7 Å². The molecule has 5 heteroatoms. The van der Waals surface area contributed by atoms with Crippen LogP contribution in [0, 0.1) is 12.8 Å². The van der Waals surface area contributed by atoms with Crippen molar-refractivity contribution < 1.29 is 9.52 Å². The maximum Gasteiger partial charge on any atom is 0.343 e. The van der Waals surface area contributed by atoms with E-state index in [0.29, 0.717) is 17.2 Å². The van der Waals surface area contributed by atoms with Crippen LogP contribution in [0.1, 0.15) is 64.0 Å². The zero-order chi connectivity index (χ0) is 19.0. The predicted molar refractivity (Wildman–Crippen MR) is 111 cm³/mol. The number of aromatic hydroxyl groups is 1. The molecule has 2 atom stereocenters. The monoisotopic (exact) mass is 400 g/mol. The SMILES string of the molecule is CCC(c1ccc(C)s1)c1c(O)cc(C(Cc2cccs2)C2CC2)oc1=O. The van der Waals surface area contributed by atoms with Gasteiger partial charge in [0.2, 0.25) is 0 Å². The highest BCUT2D eigenvalue weighted by Crippen LogP contribution is 2.46. The summed E-state index contributed by atoms with van der Waals surface area (Å²) in [5, 5.41) is 12.8. The van der Waals surface area contributed by atoms with Gasteiger partial charge < -0.3 is 9.52 Å². The highest BCUT2D eigenvalue weighted by Gasteiger charge is 2.35. The average molecular weight is 401 g/mol. The molecule has 1 fully saturated rings. The Morgan fingerprint density at radius 2 is 2.11 bits per heavy atom. The third-order valence-electron chi connectivity index (χ3n) is 5.40. The lowest BCUT2D eigenvalue weighted by molar-refractivity contribution is 0.373. The third-order valence-corrected chi connectivity index (χ3v) is 7.42. The molecule has 3 heterocycles. The molecule has 3 nitrogen and oxygen atoms in total. The molecule has 3 aromatic rings. The smallest absolute Gasteiger partial charge is 0.343 e. The van der Waals surface area contributed by atoms with Crippen molar-refractivity contribution in [3.63, 3.8) is 0 Å². The topological polar surface area (TPSA) is 50.4 Å². The third kappa shape index (κ3) is 3.90. The minimum atomic E-state index is -0.389. The van der Waals surface area contributed by atoms with Crippen molar-refractivity contribution in [3.8, 4) is 5.75 Å². The quantitative estimate of drug-likeness (QED) is 0.525. The van der Waals surface area contributed by atoms with Crippen LogP contribution in [-0.2, 0) is 6.42 Å². The lowest BCUT2D eigenvalue weighted by Gasteiger charge is -2.18. The largest absolute Gasteiger partial charge is 0.507 e. The van der Waals surface area contributed by atoms with Crippen LogP contribution >= 0.6 is 22.7 Å². The molecule has 142 valence electrons. The van der Waals surface area contributed by atoms with Gasteiger partial charge in [0.05, 0.1) is 5.56 Å². The molecule has 1 aliphatic carbocycles. The highest BCUT2D eigenvalue weighted by molar-refractivity contribution is 7.12. The Labute approximate surface area is 167 Å². The first-order valence-corrected chi connectivity index (χ1v) is 11.2. The second-order valence-corrected chi connectivity index (χ2v) is 9.72. The maximum absolute atomic E-state index is 12.9. The molecule has 1 N–H and O–H groups in total. The molecule has 3 aromatic heterocycles. The lowest BCUT2D eigenvalue weighted by Crippen LogP contribution is -2.16. The first kappa shape index (κ1) is 18.5.